The van der Waals surface area contributed by atoms with E-state index in [1.54, 1.807) is 6.92 Å². The number of aryl methyl sites for hydroxylation is 1. The Labute approximate surface area is 145 Å². The molecule has 5 heteroatoms. The van der Waals surface area contributed by atoms with E-state index in [2.05, 4.69) is 10.3 Å². The molecular weight excluding hydrogens is 316 g/mol. The highest BCUT2D eigenvalue weighted by atomic mass is 16.5. The molecule has 2 aromatic carbocycles. The molecule has 0 fully saturated rings. The zero-order valence-electron chi connectivity index (χ0n) is 14.0. The number of para-hydroxylation sites is 1. The number of fused-ring (bicyclic) bond motifs is 1. The van der Waals surface area contributed by atoms with Crippen LogP contribution in [0, 0.1) is 6.92 Å². The number of aromatic amines is 1. The summed E-state index contributed by atoms with van der Waals surface area (Å²) in [4.78, 5) is 26.4. The van der Waals surface area contributed by atoms with Crippen molar-refractivity contribution < 1.29 is 9.53 Å². The molecular formula is C20H20N2O3. The topological polar surface area (TPSA) is 71.2 Å². The van der Waals surface area contributed by atoms with Gasteiger partial charge in [-0.15, -0.1) is 0 Å². The number of carbonyl (C=O) groups is 1. The Morgan fingerprint density at radius 2 is 1.92 bits per heavy atom. The predicted octanol–water partition coefficient (Wildman–Crippen LogP) is 2.92. The van der Waals surface area contributed by atoms with Crippen LogP contribution in [-0.2, 0) is 11.3 Å². The summed E-state index contributed by atoms with van der Waals surface area (Å²) >= 11 is 0. The molecule has 25 heavy (non-hydrogen) atoms. The van der Waals surface area contributed by atoms with E-state index in [0.29, 0.717) is 25.1 Å². The van der Waals surface area contributed by atoms with Crippen LogP contribution in [0.3, 0.4) is 0 Å². The zero-order chi connectivity index (χ0) is 17.6. The quantitative estimate of drug-likeness (QED) is 0.727. The van der Waals surface area contributed by atoms with Crippen LogP contribution in [0.25, 0.3) is 10.9 Å². The van der Waals surface area contributed by atoms with Gasteiger partial charge in [-0.3, -0.25) is 9.59 Å². The highest BCUT2D eigenvalue weighted by molar-refractivity contribution is 5.80. The van der Waals surface area contributed by atoms with Crippen LogP contribution >= 0.6 is 0 Å². The number of pyridine rings is 1. The van der Waals surface area contributed by atoms with Gasteiger partial charge in [0, 0.05) is 17.6 Å². The van der Waals surface area contributed by atoms with Gasteiger partial charge in [0.1, 0.15) is 5.75 Å². The molecule has 0 radical (unpaired) electrons. The van der Waals surface area contributed by atoms with Crippen molar-refractivity contribution in [1.29, 1.82) is 0 Å². The second-order valence-electron chi connectivity index (χ2n) is 5.89. The maximum atomic E-state index is 11.9. The van der Waals surface area contributed by atoms with E-state index in [4.69, 9.17) is 4.74 Å². The molecule has 0 spiro atoms. The van der Waals surface area contributed by atoms with Crippen LogP contribution in [0.1, 0.15) is 17.5 Å². The van der Waals surface area contributed by atoms with Crippen LogP contribution in [0.2, 0.25) is 0 Å². The van der Waals surface area contributed by atoms with Crippen molar-refractivity contribution in [2.24, 2.45) is 0 Å². The van der Waals surface area contributed by atoms with Crippen LogP contribution in [0.15, 0.2) is 59.4 Å². The normalized spacial score (nSPS) is 10.6. The Bertz CT molecular complexity index is 933. The van der Waals surface area contributed by atoms with E-state index in [9.17, 15) is 9.59 Å². The van der Waals surface area contributed by atoms with Crippen molar-refractivity contribution in [3.05, 3.63) is 76.1 Å². The lowest BCUT2D eigenvalue weighted by molar-refractivity contribution is -0.121. The molecule has 1 aromatic heterocycles. The number of hydrogen-bond donors (Lipinski definition) is 2. The fraction of sp³-hybridized carbons (Fsp3) is 0.200. The third-order valence-corrected chi connectivity index (χ3v) is 3.93. The number of aromatic nitrogens is 1. The number of rotatable bonds is 6. The molecule has 1 heterocycles. The Morgan fingerprint density at radius 1 is 1.12 bits per heavy atom. The first-order valence-corrected chi connectivity index (χ1v) is 8.19. The lowest BCUT2D eigenvalue weighted by Crippen LogP contribution is -2.24. The minimum Gasteiger partial charge on any atom is -0.493 e. The minimum absolute atomic E-state index is 0.0614. The average molecular weight is 336 g/mol. The molecule has 5 nitrogen and oxygen atoms in total. The van der Waals surface area contributed by atoms with Gasteiger partial charge >= 0.3 is 0 Å². The van der Waals surface area contributed by atoms with Crippen LogP contribution in [0.4, 0.5) is 0 Å². The van der Waals surface area contributed by atoms with Gasteiger partial charge in [-0.1, -0.05) is 24.3 Å². The van der Waals surface area contributed by atoms with Gasteiger partial charge in [0.2, 0.25) is 5.91 Å². The molecule has 0 saturated heterocycles. The van der Waals surface area contributed by atoms with Gasteiger partial charge in [-0.25, -0.2) is 0 Å². The number of hydrogen-bond acceptors (Lipinski definition) is 3. The molecule has 0 unspecified atom stereocenters. The van der Waals surface area contributed by atoms with E-state index >= 15 is 0 Å². The van der Waals surface area contributed by atoms with E-state index in [1.165, 1.54) is 0 Å². The van der Waals surface area contributed by atoms with Gasteiger partial charge in [0.05, 0.1) is 13.0 Å². The van der Waals surface area contributed by atoms with Gasteiger partial charge in [0.25, 0.3) is 5.56 Å². The van der Waals surface area contributed by atoms with Crippen LogP contribution in [-0.4, -0.2) is 17.5 Å². The number of carbonyl (C=O) groups excluding carboxylic acids is 1. The fourth-order valence-electron chi connectivity index (χ4n) is 2.54. The molecule has 2 N–H and O–H groups in total. The monoisotopic (exact) mass is 336 g/mol. The molecule has 3 rings (SSSR count). The molecule has 0 aliphatic rings. The van der Waals surface area contributed by atoms with Crippen molar-refractivity contribution in [3.63, 3.8) is 0 Å². The largest absolute Gasteiger partial charge is 0.493 e. The standard InChI is InChI=1S/C20H20N2O3/c1-14-11-16-12-15(7-8-18(16)22-20(14)24)13-21-19(23)9-10-25-17-5-3-2-4-6-17/h2-8,11-12H,9-10,13H2,1H3,(H,21,23)(H,22,24). The maximum Gasteiger partial charge on any atom is 0.251 e. The third-order valence-electron chi connectivity index (χ3n) is 3.93. The van der Waals surface area contributed by atoms with Crippen molar-refractivity contribution in [2.75, 3.05) is 6.61 Å². The Morgan fingerprint density at radius 3 is 2.72 bits per heavy atom. The fourth-order valence-corrected chi connectivity index (χ4v) is 2.54. The Hall–Kier alpha value is -3.08. The molecule has 3 aromatic rings. The van der Waals surface area contributed by atoms with Crippen molar-refractivity contribution in [2.45, 2.75) is 19.9 Å². The zero-order valence-corrected chi connectivity index (χ0v) is 14.0. The Balaban J connectivity index is 1.52. The number of ether oxygens (including phenoxy) is 1. The molecule has 0 saturated carbocycles. The van der Waals surface area contributed by atoms with Crippen molar-refractivity contribution >= 4 is 16.8 Å². The van der Waals surface area contributed by atoms with E-state index in [1.807, 2.05) is 54.6 Å². The molecule has 0 aliphatic heterocycles. The molecule has 0 atom stereocenters. The summed E-state index contributed by atoms with van der Waals surface area (Å²) in [5.41, 5.74) is 2.37. The summed E-state index contributed by atoms with van der Waals surface area (Å²) in [6, 6.07) is 17.0. The van der Waals surface area contributed by atoms with Crippen molar-refractivity contribution in [1.82, 2.24) is 10.3 Å². The Kier molecular flexibility index (Phi) is 5.14. The number of H-pyrrole nitrogens is 1. The third kappa shape index (κ3) is 4.47. The molecule has 0 bridgehead atoms. The maximum absolute atomic E-state index is 11.9. The lowest BCUT2D eigenvalue weighted by Gasteiger charge is -2.08. The SMILES string of the molecule is Cc1cc2cc(CNC(=O)CCOc3ccccc3)ccc2[nH]c1=O. The minimum atomic E-state index is -0.0769. The summed E-state index contributed by atoms with van der Waals surface area (Å²) in [7, 11) is 0. The molecule has 0 aliphatic carbocycles. The summed E-state index contributed by atoms with van der Waals surface area (Å²) in [5, 5.41) is 3.84. The van der Waals surface area contributed by atoms with E-state index in [0.717, 1.165) is 22.2 Å². The van der Waals surface area contributed by atoms with Gasteiger partial charge in [0.15, 0.2) is 0 Å². The highest BCUT2D eigenvalue weighted by Gasteiger charge is 2.04. The lowest BCUT2D eigenvalue weighted by atomic mass is 10.1. The summed E-state index contributed by atoms with van der Waals surface area (Å²) in [6.45, 7) is 2.56. The van der Waals surface area contributed by atoms with Gasteiger partial charge < -0.3 is 15.0 Å². The van der Waals surface area contributed by atoms with Crippen molar-refractivity contribution in [3.8, 4) is 5.75 Å². The summed E-state index contributed by atoms with van der Waals surface area (Å²) in [5.74, 6) is 0.697. The van der Waals surface area contributed by atoms with Crippen LogP contribution in [0.5, 0.6) is 5.75 Å². The number of benzene rings is 2. The average Bonchev–Trinajstić information content (AvgIpc) is 2.62. The van der Waals surface area contributed by atoms with E-state index in [-0.39, 0.29) is 11.5 Å². The summed E-state index contributed by atoms with van der Waals surface area (Å²) in [6.07, 6.45) is 0.300. The number of nitrogens with one attached hydrogen (secondary N) is 2. The highest BCUT2D eigenvalue weighted by Crippen LogP contribution is 2.13. The van der Waals surface area contributed by atoms with E-state index < -0.39 is 0 Å². The predicted molar refractivity (Wildman–Crippen MR) is 97.7 cm³/mol. The summed E-state index contributed by atoms with van der Waals surface area (Å²) < 4.78 is 5.52. The van der Waals surface area contributed by atoms with Gasteiger partial charge in [-0.2, -0.15) is 0 Å². The molecule has 1 amide bonds. The van der Waals surface area contributed by atoms with Crippen LogP contribution < -0.4 is 15.6 Å². The first kappa shape index (κ1) is 16.8. The molecule has 128 valence electrons. The number of amides is 1. The smallest absolute Gasteiger partial charge is 0.251 e. The van der Waals surface area contributed by atoms with Gasteiger partial charge in [-0.05, 0) is 48.2 Å². The first-order valence-electron chi connectivity index (χ1n) is 8.19. The first-order chi connectivity index (χ1) is 12.1. The second kappa shape index (κ2) is 7.66. The second-order valence-corrected chi connectivity index (χ2v) is 5.89.